The second-order valence-electron chi connectivity index (χ2n) is 28.0. The minimum Gasteiger partial charge on any atom is -0.341 e. The molecule has 13 aromatic rings. The molecular weight excluding hydrogens is 1010 g/mol. The lowest BCUT2D eigenvalue weighted by atomic mass is 9.79. The molecule has 0 spiro atoms. The minimum atomic E-state index is -0.0296. The monoisotopic (exact) mass is 1090 g/mol. The molecule has 0 unspecified atom stereocenters. The van der Waals surface area contributed by atoms with Crippen molar-refractivity contribution in [2.75, 3.05) is 0 Å². The Hall–Kier alpha value is -8.46. The largest absolute Gasteiger partial charge is 0.341 e. The summed E-state index contributed by atoms with van der Waals surface area (Å²) < 4.78 is 4.91. The van der Waals surface area contributed by atoms with Gasteiger partial charge in [0.2, 0.25) is 0 Å². The first-order valence-corrected chi connectivity index (χ1v) is 30.7. The number of fused-ring (bicyclic) bond motifs is 8. The fourth-order valence-corrected chi connectivity index (χ4v) is 13.3. The van der Waals surface area contributed by atoms with Gasteiger partial charge in [-0.05, 0) is 207 Å². The Bertz CT molecular complexity index is 4400. The van der Waals surface area contributed by atoms with Crippen LogP contribution in [0.25, 0.3) is 132 Å². The van der Waals surface area contributed by atoms with Gasteiger partial charge in [-0.3, -0.25) is 0 Å². The van der Waals surface area contributed by atoms with Gasteiger partial charge >= 0.3 is 0 Å². The predicted octanol–water partition coefficient (Wildman–Crippen LogP) is 23.4. The molecule has 0 saturated heterocycles. The SMILES string of the molecule is CCn1c2ccc(-c3ccc(-c4ccc(-c5c6ccc(C(C)(C)C)cc6c(-c6ccc(-c7ccc(-c8ccc9c(c8)c8cc(C(C)(C)C)ccc8n9CC)cc7)cc6)c6ccc(C(C)(C)C)cc56)cc4)cc3)cc2c2cc(C(C)(C)C)ccc21. The van der Waals surface area contributed by atoms with Crippen molar-refractivity contribution >= 4 is 65.2 Å². The van der Waals surface area contributed by atoms with E-state index in [2.05, 4.69) is 312 Å². The second-order valence-corrected chi connectivity index (χ2v) is 28.0. The van der Waals surface area contributed by atoms with Crippen LogP contribution in [-0.2, 0) is 34.7 Å². The van der Waals surface area contributed by atoms with E-state index in [0.717, 1.165) is 13.1 Å². The van der Waals surface area contributed by atoms with E-state index in [9.17, 15) is 0 Å². The van der Waals surface area contributed by atoms with E-state index < -0.39 is 0 Å². The molecule has 2 heterocycles. The van der Waals surface area contributed by atoms with Gasteiger partial charge in [-0.2, -0.15) is 0 Å². The highest BCUT2D eigenvalue weighted by Crippen LogP contribution is 2.47. The van der Waals surface area contributed by atoms with Gasteiger partial charge in [0.15, 0.2) is 0 Å². The van der Waals surface area contributed by atoms with E-state index in [-0.39, 0.29) is 21.7 Å². The minimum absolute atomic E-state index is 0.0296. The first kappa shape index (κ1) is 54.8. The summed E-state index contributed by atoms with van der Waals surface area (Å²) >= 11 is 0. The van der Waals surface area contributed by atoms with E-state index in [1.54, 1.807) is 0 Å². The maximum Gasteiger partial charge on any atom is 0.0491 e. The molecule has 0 amide bonds. The molecule has 0 aliphatic heterocycles. The summed E-state index contributed by atoms with van der Waals surface area (Å²) in [6.07, 6.45) is 0. The molecule has 0 fully saturated rings. The summed E-state index contributed by atoms with van der Waals surface area (Å²) in [6.45, 7) is 34.2. The summed E-state index contributed by atoms with van der Waals surface area (Å²) in [6, 6.07) is 79.7. The quantitative estimate of drug-likeness (QED) is 0.134. The molecule has 0 saturated carbocycles. The molecule has 13 rings (SSSR count). The molecule has 418 valence electrons. The van der Waals surface area contributed by atoms with Gasteiger partial charge in [0.25, 0.3) is 0 Å². The lowest BCUT2D eigenvalue weighted by Gasteiger charge is -2.25. The van der Waals surface area contributed by atoms with Gasteiger partial charge < -0.3 is 9.13 Å². The van der Waals surface area contributed by atoms with Gasteiger partial charge in [0, 0.05) is 56.7 Å². The van der Waals surface area contributed by atoms with Crippen LogP contribution < -0.4 is 0 Å². The maximum absolute atomic E-state index is 2.48. The fraction of sp³-hybridized carbons (Fsp3) is 0.244. The van der Waals surface area contributed by atoms with E-state index >= 15 is 0 Å². The zero-order valence-corrected chi connectivity index (χ0v) is 51.9. The molecule has 0 N–H and O–H groups in total. The van der Waals surface area contributed by atoms with Gasteiger partial charge in [0.05, 0.1) is 0 Å². The molecule has 2 aromatic heterocycles. The Kier molecular flexibility index (Phi) is 13.1. The third-order valence-electron chi connectivity index (χ3n) is 18.4. The molecular formula is C82H80N2. The van der Waals surface area contributed by atoms with E-state index in [0.29, 0.717) is 0 Å². The first-order valence-electron chi connectivity index (χ1n) is 30.7. The van der Waals surface area contributed by atoms with Crippen LogP contribution in [0.15, 0.2) is 206 Å². The molecule has 2 heteroatoms. The lowest BCUT2D eigenvalue weighted by molar-refractivity contribution is 0.590. The Morgan fingerprint density at radius 3 is 0.702 bits per heavy atom. The number of hydrogen-bond donors (Lipinski definition) is 0. The average molecular weight is 1090 g/mol. The highest BCUT2D eigenvalue weighted by atomic mass is 15.0. The van der Waals surface area contributed by atoms with E-state index in [1.807, 2.05) is 0 Å². The molecule has 0 radical (unpaired) electrons. The number of benzene rings is 11. The Balaban J connectivity index is 0.853. The summed E-state index contributed by atoms with van der Waals surface area (Å²) in [5.41, 5.74) is 25.5. The molecule has 84 heavy (non-hydrogen) atoms. The topological polar surface area (TPSA) is 9.86 Å². The van der Waals surface area contributed by atoms with Crippen molar-refractivity contribution in [3.63, 3.8) is 0 Å². The van der Waals surface area contributed by atoms with Crippen LogP contribution in [0.5, 0.6) is 0 Å². The second kappa shape index (κ2) is 20.1. The highest BCUT2D eigenvalue weighted by Gasteiger charge is 2.25. The average Bonchev–Trinajstić information content (AvgIpc) is 2.02. The van der Waals surface area contributed by atoms with E-state index in [4.69, 9.17) is 0 Å². The maximum atomic E-state index is 2.48. The molecule has 0 atom stereocenters. The third-order valence-corrected chi connectivity index (χ3v) is 18.4. The van der Waals surface area contributed by atoms with Crippen molar-refractivity contribution < 1.29 is 0 Å². The molecule has 0 aliphatic rings. The van der Waals surface area contributed by atoms with Crippen LogP contribution in [0.4, 0.5) is 0 Å². The van der Waals surface area contributed by atoms with Crippen LogP contribution in [0, 0.1) is 0 Å². The van der Waals surface area contributed by atoms with Crippen LogP contribution >= 0.6 is 0 Å². The van der Waals surface area contributed by atoms with Crippen LogP contribution in [0.1, 0.15) is 119 Å². The number of hydrogen-bond acceptors (Lipinski definition) is 0. The Labute approximate surface area is 498 Å². The lowest BCUT2D eigenvalue weighted by Crippen LogP contribution is -2.11. The third kappa shape index (κ3) is 9.53. The normalized spacial score (nSPS) is 12.7. The van der Waals surface area contributed by atoms with Crippen molar-refractivity contribution in [3.05, 3.63) is 229 Å². The fourth-order valence-electron chi connectivity index (χ4n) is 13.3. The Morgan fingerprint density at radius 1 is 0.214 bits per heavy atom. The zero-order chi connectivity index (χ0) is 58.8. The van der Waals surface area contributed by atoms with Crippen molar-refractivity contribution in [1.82, 2.24) is 9.13 Å². The zero-order valence-electron chi connectivity index (χ0n) is 51.9. The summed E-state index contributed by atoms with van der Waals surface area (Å²) in [7, 11) is 0. The summed E-state index contributed by atoms with van der Waals surface area (Å²) in [5.74, 6) is 0. The molecule has 0 aliphatic carbocycles. The van der Waals surface area contributed by atoms with Gasteiger partial charge in [-0.25, -0.2) is 0 Å². The molecule has 2 nitrogen and oxygen atoms in total. The van der Waals surface area contributed by atoms with Crippen molar-refractivity contribution in [2.24, 2.45) is 0 Å². The van der Waals surface area contributed by atoms with E-state index in [1.165, 1.54) is 154 Å². The Morgan fingerprint density at radius 2 is 0.429 bits per heavy atom. The number of aromatic nitrogens is 2. The summed E-state index contributed by atoms with van der Waals surface area (Å²) in [4.78, 5) is 0. The van der Waals surface area contributed by atoms with Crippen molar-refractivity contribution in [3.8, 4) is 66.8 Å². The van der Waals surface area contributed by atoms with Gasteiger partial charge in [-0.15, -0.1) is 0 Å². The first-order chi connectivity index (χ1) is 40.0. The summed E-state index contributed by atoms with van der Waals surface area (Å²) in [5, 5.41) is 10.4. The number of aryl methyl sites for hydroxylation is 2. The van der Waals surface area contributed by atoms with Crippen LogP contribution in [-0.4, -0.2) is 9.13 Å². The predicted molar refractivity (Wildman–Crippen MR) is 366 cm³/mol. The number of rotatable bonds is 8. The standard InChI is InChI=1S/C82H80N2/c1-15-83-73-41-33-59(45-67(73)69-47-63(81(9,10)11)37-43-75(69)83)55-21-17-51(18-22-55)53-25-29-57(30-26-53)77-65-39-35-62(80(6,7)8)50-72(65)78(66-40-36-61(49-71(66)77)79(3,4)5)58-31-27-54(28-32-58)52-19-23-56(24-20-52)60-34-42-74-68(46-60)70-48-64(82(12,13)14)38-44-76(70)84(74)16-2/h17-50H,15-16H2,1-14H3. The van der Waals surface area contributed by atoms with Gasteiger partial charge in [0.1, 0.15) is 0 Å². The smallest absolute Gasteiger partial charge is 0.0491 e. The van der Waals surface area contributed by atoms with Gasteiger partial charge in [-0.1, -0.05) is 229 Å². The molecule has 11 aromatic carbocycles. The molecule has 0 bridgehead atoms. The highest BCUT2D eigenvalue weighted by molar-refractivity contribution is 6.22. The van der Waals surface area contributed by atoms with Crippen LogP contribution in [0.2, 0.25) is 0 Å². The van der Waals surface area contributed by atoms with Crippen molar-refractivity contribution in [2.45, 2.75) is 132 Å². The number of nitrogens with zero attached hydrogens (tertiary/aromatic N) is 2. The van der Waals surface area contributed by atoms with Crippen molar-refractivity contribution in [1.29, 1.82) is 0 Å². The van der Waals surface area contributed by atoms with Crippen LogP contribution in [0.3, 0.4) is 0 Å².